The van der Waals surface area contributed by atoms with E-state index < -0.39 is 0 Å². The lowest BCUT2D eigenvalue weighted by Gasteiger charge is -2.56. The van der Waals surface area contributed by atoms with Gasteiger partial charge in [0.15, 0.2) is 5.75 Å². The Balaban J connectivity index is 1.58. The van der Waals surface area contributed by atoms with E-state index in [9.17, 15) is 9.90 Å². The minimum atomic E-state index is -0.179. The minimum absolute atomic E-state index is 0.0388. The maximum atomic E-state index is 12.6. The highest BCUT2D eigenvalue weighted by Gasteiger charge is 2.51. The van der Waals surface area contributed by atoms with Crippen LogP contribution in [-0.4, -0.2) is 16.6 Å². The van der Waals surface area contributed by atoms with Crippen molar-refractivity contribution in [2.75, 3.05) is 5.73 Å². The van der Waals surface area contributed by atoms with Gasteiger partial charge < -0.3 is 16.2 Å². The van der Waals surface area contributed by atoms with E-state index in [4.69, 9.17) is 5.73 Å². The summed E-state index contributed by atoms with van der Waals surface area (Å²) in [6.45, 7) is 0. The summed E-state index contributed by atoms with van der Waals surface area (Å²) < 4.78 is 0. The predicted octanol–water partition coefficient (Wildman–Crippen LogP) is 2.67. The van der Waals surface area contributed by atoms with E-state index in [1.165, 1.54) is 19.3 Å². The summed E-state index contributed by atoms with van der Waals surface area (Å²) in [7, 11) is 0. The van der Waals surface area contributed by atoms with Gasteiger partial charge in [0.1, 0.15) is 0 Å². The number of benzene rings is 1. The zero-order valence-corrected chi connectivity index (χ0v) is 12.1. The molecule has 0 saturated heterocycles. The fourth-order valence-corrected chi connectivity index (χ4v) is 5.32. The molecule has 1 aromatic carbocycles. The molecule has 0 atom stereocenters. The van der Waals surface area contributed by atoms with Crippen molar-refractivity contribution in [3.8, 4) is 5.75 Å². The van der Waals surface area contributed by atoms with Crippen molar-refractivity contribution in [3.05, 3.63) is 23.8 Å². The molecule has 0 spiro atoms. The third kappa shape index (κ3) is 2.08. The molecular weight excluding hydrogens is 264 g/mol. The highest BCUT2D eigenvalue weighted by Crippen LogP contribution is 2.55. The third-order valence-electron chi connectivity index (χ3n) is 5.73. The topological polar surface area (TPSA) is 75.4 Å². The van der Waals surface area contributed by atoms with E-state index in [2.05, 4.69) is 5.32 Å². The fourth-order valence-electron chi connectivity index (χ4n) is 5.32. The van der Waals surface area contributed by atoms with Crippen molar-refractivity contribution in [1.82, 2.24) is 5.32 Å². The van der Waals surface area contributed by atoms with Gasteiger partial charge in [-0.05, 0) is 68.4 Å². The minimum Gasteiger partial charge on any atom is -0.505 e. The maximum absolute atomic E-state index is 12.6. The van der Waals surface area contributed by atoms with E-state index in [1.807, 2.05) is 0 Å². The average Bonchev–Trinajstić information content (AvgIpc) is 2.39. The first-order valence-electron chi connectivity index (χ1n) is 7.95. The molecule has 1 amide bonds. The Morgan fingerprint density at radius 1 is 1.14 bits per heavy atom. The second-order valence-electron chi connectivity index (χ2n) is 7.40. The summed E-state index contributed by atoms with van der Waals surface area (Å²) in [4.78, 5) is 12.6. The summed E-state index contributed by atoms with van der Waals surface area (Å²) in [6, 6.07) is 4.96. The van der Waals surface area contributed by atoms with Crippen LogP contribution >= 0.6 is 0 Å². The van der Waals surface area contributed by atoms with Gasteiger partial charge in [0.05, 0.1) is 11.3 Å². The lowest BCUT2D eigenvalue weighted by molar-refractivity contribution is -0.0167. The van der Waals surface area contributed by atoms with Crippen LogP contribution in [0.1, 0.15) is 48.9 Å². The molecule has 5 rings (SSSR count). The number of para-hydroxylation sites is 1. The molecule has 0 aliphatic heterocycles. The fraction of sp³-hybridized carbons (Fsp3) is 0.588. The van der Waals surface area contributed by atoms with Crippen molar-refractivity contribution in [2.45, 2.75) is 44.1 Å². The van der Waals surface area contributed by atoms with Gasteiger partial charge in [-0.1, -0.05) is 6.07 Å². The number of nitrogens with two attached hydrogens (primary N) is 1. The Kier molecular flexibility index (Phi) is 2.72. The van der Waals surface area contributed by atoms with Gasteiger partial charge in [-0.3, -0.25) is 4.79 Å². The smallest absolute Gasteiger partial charge is 0.255 e. The molecule has 1 aromatic rings. The Bertz CT molecular complexity index is 561. The van der Waals surface area contributed by atoms with Crippen molar-refractivity contribution in [3.63, 3.8) is 0 Å². The maximum Gasteiger partial charge on any atom is 0.255 e. The Hall–Kier alpha value is -1.71. The standard InChI is InChI=1S/C17H22N2O2/c18-14-3-1-2-13(15(14)20)16(21)19-17-7-10-4-11(8-17)6-12(5-10)9-17/h1-3,10-12,20H,4-9,18H2,(H,19,21). The second kappa shape index (κ2) is 4.39. The number of aromatic hydroxyl groups is 1. The number of carbonyl (C=O) groups is 1. The third-order valence-corrected chi connectivity index (χ3v) is 5.73. The monoisotopic (exact) mass is 286 g/mol. The van der Waals surface area contributed by atoms with Gasteiger partial charge in [-0.25, -0.2) is 0 Å². The molecule has 4 aliphatic rings. The first-order chi connectivity index (χ1) is 10.0. The Morgan fingerprint density at radius 2 is 1.71 bits per heavy atom. The van der Waals surface area contributed by atoms with E-state index in [0.717, 1.165) is 37.0 Å². The molecule has 4 bridgehead atoms. The largest absolute Gasteiger partial charge is 0.505 e. The predicted molar refractivity (Wildman–Crippen MR) is 80.9 cm³/mol. The first kappa shape index (κ1) is 13.0. The first-order valence-corrected chi connectivity index (χ1v) is 7.95. The molecule has 4 aliphatic carbocycles. The van der Waals surface area contributed by atoms with Crippen LogP contribution in [0, 0.1) is 17.8 Å². The second-order valence-corrected chi connectivity index (χ2v) is 7.40. The molecule has 4 N–H and O–H groups in total. The van der Waals surface area contributed by atoms with Gasteiger partial charge in [0, 0.05) is 5.54 Å². The van der Waals surface area contributed by atoms with Crippen LogP contribution < -0.4 is 11.1 Å². The molecule has 4 fully saturated rings. The number of rotatable bonds is 2. The van der Waals surface area contributed by atoms with Crippen molar-refractivity contribution in [2.24, 2.45) is 17.8 Å². The van der Waals surface area contributed by atoms with Gasteiger partial charge >= 0.3 is 0 Å². The molecule has 0 aromatic heterocycles. The van der Waals surface area contributed by atoms with Crippen molar-refractivity contribution < 1.29 is 9.90 Å². The van der Waals surface area contributed by atoms with Gasteiger partial charge in [-0.15, -0.1) is 0 Å². The molecule has 4 saturated carbocycles. The number of hydrogen-bond donors (Lipinski definition) is 3. The number of phenols is 1. The van der Waals surface area contributed by atoms with Crippen LogP contribution in [0.5, 0.6) is 5.75 Å². The number of carbonyl (C=O) groups excluding carboxylic acids is 1. The van der Waals surface area contributed by atoms with Gasteiger partial charge in [0.2, 0.25) is 0 Å². The molecule has 0 unspecified atom stereocenters. The number of nitrogen functional groups attached to an aromatic ring is 1. The zero-order chi connectivity index (χ0) is 14.6. The normalized spacial score (nSPS) is 36.7. The highest BCUT2D eigenvalue weighted by molar-refractivity contribution is 5.98. The number of anilines is 1. The highest BCUT2D eigenvalue weighted by atomic mass is 16.3. The molecule has 4 heteroatoms. The number of phenolic OH excluding ortho intramolecular Hbond substituents is 1. The van der Waals surface area contributed by atoms with E-state index in [1.54, 1.807) is 18.2 Å². The quantitative estimate of drug-likeness (QED) is 0.578. The van der Waals surface area contributed by atoms with Crippen LogP contribution in [0.4, 0.5) is 5.69 Å². The summed E-state index contributed by atoms with van der Waals surface area (Å²) >= 11 is 0. The molecule has 0 heterocycles. The summed E-state index contributed by atoms with van der Waals surface area (Å²) in [5, 5.41) is 13.2. The van der Waals surface area contributed by atoms with Crippen LogP contribution in [0.15, 0.2) is 18.2 Å². The van der Waals surface area contributed by atoms with Crippen molar-refractivity contribution >= 4 is 11.6 Å². The van der Waals surface area contributed by atoms with Crippen LogP contribution in [0.25, 0.3) is 0 Å². The number of amides is 1. The van der Waals surface area contributed by atoms with Crippen LogP contribution in [0.3, 0.4) is 0 Å². The molecule has 112 valence electrons. The summed E-state index contributed by atoms with van der Waals surface area (Å²) in [6.07, 6.45) is 7.35. The van der Waals surface area contributed by atoms with Gasteiger partial charge in [-0.2, -0.15) is 0 Å². The Labute approximate surface area is 124 Å². The van der Waals surface area contributed by atoms with E-state index >= 15 is 0 Å². The number of nitrogens with one attached hydrogen (secondary N) is 1. The molecule has 0 radical (unpaired) electrons. The van der Waals surface area contributed by atoms with Gasteiger partial charge in [0.25, 0.3) is 5.91 Å². The lowest BCUT2D eigenvalue weighted by Crippen LogP contribution is -2.59. The van der Waals surface area contributed by atoms with E-state index in [0.29, 0.717) is 5.56 Å². The SMILES string of the molecule is Nc1cccc(C(=O)NC23CC4CC(CC(C4)C2)C3)c1O. The lowest BCUT2D eigenvalue weighted by atomic mass is 9.53. The van der Waals surface area contributed by atoms with E-state index in [-0.39, 0.29) is 22.9 Å². The van der Waals surface area contributed by atoms with Crippen molar-refractivity contribution in [1.29, 1.82) is 0 Å². The van der Waals surface area contributed by atoms with Crippen LogP contribution in [-0.2, 0) is 0 Å². The summed E-state index contributed by atoms with van der Waals surface area (Å²) in [5.74, 6) is 2.07. The molecule has 21 heavy (non-hydrogen) atoms. The average molecular weight is 286 g/mol. The van der Waals surface area contributed by atoms with Crippen LogP contribution in [0.2, 0.25) is 0 Å². The zero-order valence-electron chi connectivity index (χ0n) is 12.1. The summed E-state index contributed by atoms with van der Waals surface area (Å²) in [5.41, 5.74) is 6.21. The molecule has 4 nitrogen and oxygen atoms in total. The Morgan fingerprint density at radius 3 is 2.29 bits per heavy atom. The molecular formula is C17H22N2O2. The number of hydrogen-bond acceptors (Lipinski definition) is 3.